The molecule has 8 heteroatoms. The first-order chi connectivity index (χ1) is 9.84. The molecule has 2 amide bonds. The standard InChI is InChI=1S/C13H17F3N2O3/c1-2-9(7-19)17-12(20)18-10-3-5-11(6-4-10)21-8-13(14,15)16/h3-6,9,19H,2,7-8H2,1H3,(H2,17,18,20). The first-order valence-electron chi connectivity index (χ1n) is 6.32. The van der Waals surface area contributed by atoms with Crippen LogP contribution in [-0.4, -0.2) is 36.6 Å². The highest BCUT2D eigenvalue weighted by atomic mass is 19.4. The largest absolute Gasteiger partial charge is 0.484 e. The number of anilines is 1. The van der Waals surface area contributed by atoms with Crippen LogP contribution in [0.25, 0.3) is 0 Å². The lowest BCUT2D eigenvalue weighted by Crippen LogP contribution is -2.39. The second-order valence-electron chi connectivity index (χ2n) is 4.31. The normalized spacial score (nSPS) is 12.6. The van der Waals surface area contributed by atoms with E-state index >= 15 is 0 Å². The van der Waals surface area contributed by atoms with Crippen molar-refractivity contribution >= 4 is 11.7 Å². The van der Waals surface area contributed by atoms with Gasteiger partial charge in [-0.25, -0.2) is 4.79 Å². The summed E-state index contributed by atoms with van der Waals surface area (Å²) in [6.45, 7) is 0.275. The van der Waals surface area contributed by atoms with Gasteiger partial charge >= 0.3 is 12.2 Å². The number of rotatable bonds is 6. The highest BCUT2D eigenvalue weighted by Crippen LogP contribution is 2.20. The van der Waals surface area contributed by atoms with Gasteiger partial charge in [0.25, 0.3) is 0 Å². The summed E-state index contributed by atoms with van der Waals surface area (Å²) in [4.78, 5) is 11.6. The topological polar surface area (TPSA) is 70.6 Å². The lowest BCUT2D eigenvalue weighted by molar-refractivity contribution is -0.153. The minimum Gasteiger partial charge on any atom is -0.484 e. The number of amides is 2. The fourth-order valence-corrected chi connectivity index (χ4v) is 1.43. The zero-order chi connectivity index (χ0) is 15.9. The number of nitrogens with one attached hydrogen (secondary N) is 2. The van der Waals surface area contributed by atoms with Crippen molar-refractivity contribution in [3.63, 3.8) is 0 Å². The summed E-state index contributed by atoms with van der Waals surface area (Å²) in [7, 11) is 0. The maximum Gasteiger partial charge on any atom is 0.422 e. The molecule has 0 bridgehead atoms. The number of urea groups is 1. The third-order valence-corrected chi connectivity index (χ3v) is 2.56. The van der Waals surface area contributed by atoms with Crippen LogP contribution in [0, 0.1) is 0 Å². The van der Waals surface area contributed by atoms with Gasteiger partial charge in [-0.2, -0.15) is 13.2 Å². The molecule has 1 aromatic carbocycles. The highest BCUT2D eigenvalue weighted by Gasteiger charge is 2.28. The Morgan fingerprint density at radius 2 is 1.95 bits per heavy atom. The first-order valence-corrected chi connectivity index (χ1v) is 6.32. The number of hydrogen-bond donors (Lipinski definition) is 3. The summed E-state index contributed by atoms with van der Waals surface area (Å²) in [5, 5.41) is 14.0. The van der Waals surface area contributed by atoms with E-state index in [0.717, 1.165) is 0 Å². The molecular weight excluding hydrogens is 289 g/mol. The fraction of sp³-hybridized carbons (Fsp3) is 0.462. The maximum absolute atomic E-state index is 12.0. The van der Waals surface area contributed by atoms with E-state index in [0.29, 0.717) is 12.1 Å². The van der Waals surface area contributed by atoms with E-state index in [4.69, 9.17) is 5.11 Å². The number of ether oxygens (including phenoxy) is 1. The monoisotopic (exact) mass is 306 g/mol. The van der Waals surface area contributed by atoms with Gasteiger partial charge in [0.1, 0.15) is 5.75 Å². The number of aliphatic hydroxyl groups excluding tert-OH is 1. The van der Waals surface area contributed by atoms with Crippen LogP contribution < -0.4 is 15.4 Å². The molecule has 0 spiro atoms. The van der Waals surface area contributed by atoms with Crippen molar-refractivity contribution in [1.29, 1.82) is 0 Å². The van der Waals surface area contributed by atoms with E-state index in [-0.39, 0.29) is 18.4 Å². The van der Waals surface area contributed by atoms with Gasteiger partial charge in [0.2, 0.25) is 0 Å². The molecular formula is C13H17F3N2O3. The quantitative estimate of drug-likeness (QED) is 0.756. The second-order valence-corrected chi connectivity index (χ2v) is 4.31. The Morgan fingerprint density at radius 1 is 1.33 bits per heavy atom. The number of carbonyl (C=O) groups is 1. The summed E-state index contributed by atoms with van der Waals surface area (Å²) in [5.41, 5.74) is 0.402. The van der Waals surface area contributed by atoms with Crippen molar-refractivity contribution in [1.82, 2.24) is 5.32 Å². The van der Waals surface area contributed by atoms with Crippen LogP contribution in [0.15, 0.2) is 24.3 Å². The molecule has 118 valence electrons. The zero-order valence-electron chi connectivity index (χ0n) is 11.4. The summed E-state index contributed by atoms with van der Waals surface area (Å²) in [6.07, 6.45) is -3.82. The summed E-state index contributed by atoms with van der Waals surface area (Å²) in [5.74, 6) is 0.0556. The van der Waals surface area contributed by atoms with Crippen molar-refractivity contribution in [3.8, 4) is 5.75 Å². The van der Waals surface area contributed by atoms with E-state index in [1.807, 2.05) is 6.92 Å². The average molecular weight is 306 g/mol. The highest BCUT2D eigenvalue weighted by molar-refractivity contribution is 5.89. The fourth-order valence-electron chi connectivity index (χ4n) is 1.43. The van der Waals surface area contributed by atoms with Gasteiger partial charge < -0.3 is 20.5 Å². The molecule has 0 fully saturated rings. The van der Waals surface area contributed by atoms with E-state index < -0.39 is 18.8 Å². The Bertz CT molecular complexity index is 445. The lowest BCUT2D eigenvalue weighted by atomic mass is 10.2. The zero-order valence-corrected chi connectivity index (χ0v) is 11.4. The molecule has 3 N–H and O–H groups in total. The Hall–Kier alpha value is -1.96. The first kappa shape index (κ1) is 17.1. The lowest BCUT2D eigenvalue weighted by Gasteiger charge is -2.15. The number of hydrogen-bond acceptors (Lipinski definition) is 3. The third kappa shape index (κ3) is 6.84. The molecule has 0 aliphatic carbocycles. The number of benzene rings is 1. The summed E-state index contributed by atoms with van der Waals surface area (Å²) >= 11 is 0. The van der Waals surface area contributed by atoms with Crippen molar-refractivity contribution in [2.45, 2.75) is 25.6 Å². The minimum atomic E-state index is -4.39. The Morgan fingerprint density at radius 3 is 2.43 bits per heavy atom. The molecule has 0 aliphatic rings. The molecule has 1 atom stereocenters. The van der Waals surface area contributed by atoms with Crippen molar-refractivity contribution in [3.05, 3.63) is 24.3 Å². The molecule has 0 saturated carbocycles. The molecule has 0 aliphatic heterocycles. The van der Waals surface area contributed by atoms with Crippen LogP contribution in [0.2, 0.25) is 0 Å². The number of halogens is 3. The molecule has 1 unspecified atom stereocenters. The van der Waals surface area contributed by atoms with Crippen LogP contribution in [0.4, 0.5) is 23.7 Å². The van der Waals surface area contributed by atoms with Crippen LogP contribution in [0.5, 0.6) is 5.75 Å². The predicted octanol–water partition coefficient (Wildman–Crippen LogP) is 2.52. The molecule has 1 aromatic rings. The van der Waals surface area contributed by atoms with Crippen LogP contribution in [0.3, 0.4) is 0 Å². The maximum atomic E-state index is 12.0. The molecule has 21 heavy (non-hydrogen) atoms. The second kappa shape index (κ2) is 7.72. The number of aliphatic hydroxyl groups is 1. The number of carbonyl (C=O) groups excluding carboxylic acids is 1. The van der Waals surface area contributed by atoms with Gasteiger partial charge in [-0.3, -0.25) is 0 Å². The van der Waals surface area contributed by atoms with Crippen LogP contribution >= 0.6 is 0 Å². The van der Waals surface area contributed by atoms with E-state index in [1.165, 1.54) is 24.3 Å². The van der Waals surface area contributed by atoms with Crippen molar-refractivity contribution in [2.75, 3.05) is 18.5 Å². The molecule has 1 rings (SSSR count). The van der Waals surface area contributed by atoms with Gasteiger partial charge in [-0.15, -0.1) is 0 Å². The van der Waals surface area contributed by atoms with Crippen molar-refractivity contribution in [2.24, 2.45) is 0 Å². The van der Waals surface area contributed by atoms with Gasteiger partial charge in [0.05, 0.1) is 12.6 Å². The molecule has 0 heterocycles. The van der Waals surface area contributed by atoms with Crippen LogP contribution in [-0.2, 0) is 0 Å². The summed E-state index contributed by atoms with van der Waals surface area (Å²) in [6, 6.07) is 4.64. The van der Waals surface area contributed by atoms with E-state index in [1.54, 1.807) is 0 Å². The van der Waals surface area contributed by atoms with Gasteiger partial charge in [0.15, 0.2) is 6.61 Å². The minimum absolute atomic E-state index is 0.0556. The Kier molecular flexibility index (Phi) is 6.29. The molecule has 5 nitrogen and oxygen atoms in total. The average Bonchev–Trinajstić information content (AvgIpc) is 2.43. The smallest absolute Gasteiger partial charge is 0.422 e. The predicted molar refractivity (Wildman–Crippen MR) is 71.3 cm³/mol. The Labute approximate surface area is 120 Å². The van der Waals surface area contributed by atoms with Gasteiger partial charge in [-0.05, 0) is 30.7 Å². The summed E-state index contributed by atoms with van der Waals surface area (Å²) < 4.78 is 40.5. The molecule has 0 radical (unpaired) electrons. The Balaban J connectivity index is 2.49. The number of alkyl halides is 3. The molecule has 0 aromatic heterocycles. The molecule has 0 saturated heterocycles. The SMILES string of the molecule is CCC(CO)NC(=O)Nc1ccc(OCC(F)(F)F)cc1. The third-order valence-electron chi connectivity index (χ3n) is 2.56. The van der Waals surface area contributed by atoms with E-state index in [2.05, 4.69) is 15.4 Å². The van der Waals surface area contributed by atoms with Crippen molar-refractivity contribution < 1.29 is 27.8 Å². The van der Waals surface area contributed by atoms with Gasteiger partial charge in [-0.1, -0.05) is 6.92 Å². The van der Waals surface area contributed by atoms with Gasteiger partial charge in [0, 0.05) is 5.69 Å². The van der Waals surface area contributed by atoms with Crippen LogP contribution in [0.1, 0.15) is 13.3 Å². The van der Waals surface area contributed by atoms with E-state index in [9.17, 15) is 18.0 Å².